The third kappa shape index (κ3) is 4.93. The molecule has 1 atom stereocenters. The number of aliphatic carboxylic acids is 1. The molecule has 0 saturated carbocycles. The van der Waals surface area contributed by atoms with E-state index in [2.05, 4.69) is 5.32 Å². The van der Waals surface area contributed by atoms with Crippen molar-refractivity contribution in [3.8, 4) is 0 Å². The highest BCUT2D eigenvalue weighted by Crippen LogP contribution is 2.10. The topological polar surface area (TPSA) is 66.4 Å². The van der Waals surface area contributed by atoms with Crippen LogP contribution in [-0.2, 0) is 16.0 Å². The molecular weight excluding hydrogens is 226 g/mol. The fraction of sp³-hybridized carbons (Fsp3) is 0.455. The molecule has 1 heterocycles. The third-order valence-corrected chi connectivity index (χ3v) is 2.96. The van der Waals surface area contributed by atoms with Crippen LogP contribution in [0.1, 0.15) is 24.6 Å². The van der Waals surface area contributed by atoms with Gasteiger partial charge >= 0.3 is 5.97 Å². The van der Waals surface area contributed by atoms with Crippen molar-refractivity contribution in [2.75, 3.05) is 0 Å². The summed E-state index contributed by atoms with van der Waals surface area (Å²) in [6.45, 7) is 1.92. The largest absolute Gasteiger partial charge is 0.481 e. The predicted molar refractivity (Wildman–Crippen MR) is 62.5 cm³/mol. The van der Waals surface area contributed by atoms with Crippen LogP contribution in [0.15, 0.2) is 17.5 Å². The highest BCUT2D eigenvalue weighted by atomic mass is 32.1. The van der Waals surface area contributed by atoms with Crippen LogP contribution in [0.3, 0.4) is 0 Å². The van der Waals surface area contributed by atoms with Crippen molar-refractivity contribution in [1.82, 2.24) is 5.32 Å². The maximum atomic E-state index is 11.3. The van der Waals surface area contributed by atoms with E-state index in [1.54, 1.807) is 11.3 Å². The Morgan fingerprint density at radius 2 is 2.25 bits per heavy atom. The Hall–Kier alpha value is -1.36. The first-order valence-electron chi connectivity index (χ1n) is 5.11. The number of hydrogen-bond donors (Lipinski definition) is 2. The molecule has 0 aliphatic carbocycles. The van der Waals surface area contributed by atoms with Crippen LogP contribution in [0, 0.1) is 0 Å². The molecule has 0 saturated heterocycles. The molecule has 1 rings (SSSR count). The Bertz CT molecular complexity index is 348. The molecule has 1 amide bonds. The molecule has 88 valence electrons. The van der Waals surface area contributed by atoms with Crippen LogP contribution in [-0.4, -0.2) is 23.0 Å². The van der Waals surface area contributed by atoms with Crippen LogP contribution in [0.25, 0.3) is 0 Å². The minimum absolute atomic E-state index is 0.0416. The quantitative estimate of drug-likeness (QED) is 0.796. The van der Waals surface area contributed by atoms with E-state index in [-0.39, 0.29) is 24.8 Å². The van der Waals surface area contributed by atoms with Gasteiger partial charge in [0.1, 0.15) is 0 Å². The molecule has 16 heavy (non-hydrogen) atoms. The Kier molecular flexibility index (Phi) is 4.98. The second-order valence-corrected chi connectivity index (χ2v) is 4.68. The van der Waals surface area contributed by atoms with Gasteiger partial charge in [0.2, 0.25) is 5.91 Å². The van der Waals surface area contributed by atoms with Gasteiger partial charge in [-0.15, -0.1) is 11.3 Å². The highest BCUT2D eigenvalue weighted by molar-refractivity contribution is 7.09. The van der Waals surface area contributed by atoms with Crippen LogP contribution >= 0.6 is 11.3 Å². The van der Waals surface area contributed by atoms with E-state index in [1.165, 1.54) is 4.88 Å². The summed E-state index contributed by atoms with van der Waals surface area (Å²) in [5.74, 6) is -1.15. The zero-order valence-corrected chi connectivity index (χ0v) is 9.92. The lowest BCUT2D eigenvalue weighted by atomic mass is 10.2. The molecule has 0 aliphatic rings. The summed E-state index contributed by atoms with van der Waals surface area (Å²) in [5, 5.41) is 13.2. The minimum atomic E-state index is -0.943. The highest BCUT2D eigenvalue weighted by Gasteiger charge is 2.09. The Labute approximate surface area is 98.3 Å². The molecule has 0 bridgehead atoms. The van der Waals surface area contributed by atoms with Crippen molar-refractivity contribution in [1.29, 1.82) is 0 Å². The lowest BCUT2D eigenvalue weighted by Gasteiger charge is -2.12. The molecule has 1 aromatic heterocycles. The second kappa shape index (κ2) is 6.27. The summed E-state index contributed by atoms with van der Waals surface area (Å²) in [6.07, 6.45) is 0.720. The summed E-state index contributed by atoms with van der Waals surface area (Å²) in [7, 11) is 0. The molecule has 0 aromatic carbocycles. The van der Waals surface area contributed by atoms with Gasteiger partial charge < -0.3 is 10.4 Å². The Morgan fingerprint density at radius 1 is 1.50 bits per heavy atom. The number of carboxylic acids is 1. The average Bonchev–Trinajstić information content (AvgIpc) is 2.67. The van der Waals surface area contributed by atoms with Crippen molar-refractivity contribution in [2.24, 2.45) is 0 Å². The standard InChI is InChI=1S/C11H15NO3S/c1-8(7-9-3-2-6-16-9)12-10(13)4-5-11(14)15/h2-3,6,8H,4-5,7H2,1H3,(H,12,13)(H,14,15). The molecule has 4 nitrogen and oxygen atoms in total. The summed E-state index contributed by atoms with van der Waals surface area (Å²) < 4.78 is 0. The summed E-state index contributed by atoms with van der Waals surface area (Å²) in [4.78, 5) is 22.8. The van der Waals surface area contributed by atoms with Crippen molar-refractivity contribution < 1.29 is 14.7 Å². The minimum Gasteiger partial charge on any atom is -0.481 e. The summed E-state index contributed by atoms with van der Waals surface area (Å²) in [6, 6.07) is 4.03. The predicted octanol–water partition coefficient (Wildman–Crippen LogP) is 1.66. The molecule has 1 unspecified atom stereocenters. The molecular formula is C11H15NO3S. The van der Waals surface area contributed by atoms with E-state index in [9.17, 15) is 9.59 Å². The van der Waals surface area contributed by atoms with Gasteiger partial charge in [0.15, 0.2) is 0 Å². The number of nitrogens with one attached hydrogen (secondary N) is 1. The van der Waals surface area contributed by atoms with Crippen LogP contribution in [0.4, 0.5) is 0 Å². The zero-order chi connectivity index (χ0) is 12.0. The lowest BCUT2D eigenvalue weighted by Crippen LogP contribution is -2.34. The average molecular weight is 241 g/mol. The maximum Gasteiger partial charge on any atom is 0.303 e. The van der Waals surface area contributed by atoms with Gasteiger partial charge in [-0.25, -0.2) is 0 Å². The second-order valence-electron chi connectivity index (χ2n) is 3.65. The van der Waals surface area contributed by atoms with E-state index >= 15 is 0 Å². The smallest absolute Gasteiger partial charge is 0.303 e. The van der Waals surface area contributed by atoms with Crippen LogP contribution in [0.2, 0.25) is 0 Å². The monoisotopic (exact) mass is 241 g/mol. The van der Waals surface area contributed by atoms with E-state index in [4.69, 9.17) is 5.11 Å². The van der Waals surface area contributed by atoms with E-state index in [0.717, 1.165) is 6.42 Å². The van der Waals surface area contributed by atoms with E-state index < -0.39 is 5.97 Å². The van der Waals surface area contributed by atoms with Gasteiger partial charge in [-0.1, -0.05) is 6.07 Å². The van der Waals surface area contributed by atoms with Gasteiger partial charge in [-0.05, 0) is 18.4 Å². The van der Waals surface area contributed by atoms with E-state index in [1.807, 2.05) is 24.4 Å². The van der Waals surface area contributed by atoms with Crippen molar-refractivity contribution in [3.05, 3.63) is 22.4 Å². The number of carbonyl (C=O) groups excluding carboxylic acids is 1. The molecule has 1 aromatic rings. The van der Waals surface area contributed by atoms with Crippen LogP contribution < -0.4 is 5.32 Å². The normalized spacial score (nSPS) is 12.1. The zero-order valence-electron chi connectivity index (χ0n) is 9.10. The van der Waals surface area contributed by atoms with E-state index in [0.29, 0.717) is 0 Å². The molecule has 0 spiro atoms. The number of thiophene rings is 1. The molecule has 2 N–H and O–H groups in total. The third-order valence-electron chi connectivity index (χ3n) is 2.06. The number of hydrogen-bond acceptors (Lipinski definition) is 3. The molecule has 0 radical (unpaired) electrons. The first-order chi connectivity index (χ1) is 7.58. The fourth-order valence-corrected chi connectivity index (χ4v) is 2.18. The van der Waals surface area contributed by atoms with Gasteiger partial charge in [0.05, 0.1) is 6.42 Å². The first kappa shape index (κ1) is 12.7. The molecule has 0 fully saturated rings. The van der Waals surface area contributed by atoms with Gasteiger partial charge in [0, 0.05) is 23.8 Å². The number of amides is 1. The lowest BCUT2D eigenvalue weighted by molar-refractivity contribution is -0.138. The van der Waals surface area contributed by atoms with Gasteiger partial charge in [-0.3, -0.25) is 9.59 Å². The van der Waals surface area contributed by atoms with Crippen molar-refractivity contribution >= 4 is 23.2 Å². The number of carbonyl (C=O) groups is 2. The van der Waals surface area contributed by atoms with Gasteiger partial charge in [0.25, 0.3) is 0 Å². The first-order valence-corrected chi connectivity index (χ1v) is 5.99. The van der Waals surface area contributed by atoms with Crippen LogP contribution in [0.5, 0.6) is 0 Å². The number of rotatable bonds is 6. The van der Waals surface area contributed by atoms with Crippen molar-refractivity contribution in [3.63, 3.8) is 0 Å². The fourth-order valence-electron chi connectivity index (χ4n) is 1.35. The maximum absolute atomic E-state index is 11.3. The van der Waals surface area contributed by atoms with Gasteiger partial charge in [-0.2, -0.15) is 0 Å². The Morgan fingerprint density at radius 3 is 2.81 bits per heavy atom. The molecule has 5 heteroatoms. The van der Waals surface area contributed by atoms with Crippen molar-refractivity contribution in [2.45, 2.75) is 32.2 Å². The number of carboxylic acid groups (broad SMARTS) is 1. The SMILES string of the molecule is CC(Cc1cccs1)NC(=O)CCC(=O)O. The summed E-state index contributed by atoms with van der Waals surface area (Å²) in [5.41, 5.74) is 0. The Balaban J connectivity index is 2.25. The summed E-state index contributed by atoms with van der Waals surface area (Å²) >= 11 is 1.65. The molecule has 0 aliphatic heterocycles.